The van der Waals surface area contributed by atoms with Gasteiger partial charge in [-0.25, -0.2) is 0 Å². The van der Waals surface area contributed by atoms with E-state index in [1.807, 2.05) is 0 Å². The molecule has 2 heteroatoms. The fourth-order valence-corrected chi connectivity index (χ4v) is 1.62. The highest BCUT2D eigenvalue weighted by Crippen LogP contribution is 2.13. The average molecular weight is 159 g/mol. The molecule has 1 fully saturated rings. The molecule has 1 aliphatic rings. The predicted octanol–water partition coefficient (Wildman–Crippen LogP) is 1.45. The smallest absolute Gasteiger partial charge is 0.00643 e. The first-order valence-electron chi connectivity index (χ1n) is 4.58. The zero-order valence-corrected chi connectivity index (χ0v) is 7.77. The van der Waals surface area contributed by atoms with Crippen LogP contribution >= 0.6 is 0 Å². The van der Waals surface area contributed by atoms with E-state index in [4.69, 9.17) is 0 Å². The van der Waals surface area contributed by atoms with E-state index >= 15 is 0 Å². The molecule has 1 atom stereocenters. The van der Waals surface area contributed by atoms with Crippen molar-refractivity contribution >= 4 is 0 Å². The Morgan fingerprint density at radius 1 is 1.18 bits per heavy atom. The van der Waals surface area contributed by atoms with Crippen LogP contribution in [0.2, 0.25) is 0 Å². The number of hydrogen-bond donors (Lipinski definition) is 0. The summed E-state index contributed by atoms with van der Waals surface area (Å²) in [6.07, 6.45) is 5.60. The van der Waals surface area contributed by atoms with Crippen LogP contribution in [0.25, 0.3) is 0 Å². The van der Waals surface area contributed by atoms with Crippen LogP contribution in [0.15, 0.2) is 0 Å². The summed E-state index contributed by atoms with van der Waals surface area (Å²) in [6, 6.07) is 0.820. The third kappa shape index (κ3) is 3.21. The molecule has 0 aromatic carbocycles. The van der Waals surface area contributed by atoms with Gasteiger partial charge in [0.25, 0.3) is 0 Å². The molecule has 0 spiro atoms. The second kappa shape index (κ2) is 5.56. The third-order valence-electron chi connectivity index (χ3n) is 2.60. The first kappa shape index (κ1) is 10.9. The number of hydrogen-bond acceptors (Lipinski definition) is 1. The van der Waals surface area contributed by atoms with Crippen molar-refractivity contribution in [1.82, 2.24) is 4.90 Å². The fraction of sp³-hybridized carbons (Fsp3) is 1.00. The molecule has 1 aliphatic heterocycles. The van der Waals surface area contributed by atoms with Crippen LogP contribution in [0.3, 0.4) is 0 Å². The molecule has 0 aromatic rings. The van der Waals surface area contributed by atoms with Gasteiger partial charge in [0.05, 0.1) is 0 Å². The summed E-state index contributed by atoms with van der Waals surface area (Å²) in [4.78, 5) is 2.61. The lowest BCUT2D eigenvalue weighted by Crippen LogP contribution is -2.36. The highest BCUT2D eigenvalue weighted by atomic mass is 16.0. The zero-order valence-electron chi connectivity index (χ0n) is 7.77. The summed E-state index contributed by atoms with van der Waals surface area (Å²) in [5, 5.41) is 0. The molecule has 1 saturated heterocycles. The van der Waals surface area contributed by atoms with Crippen LogP contribution in [-0.2, 0) is 0 Å². The largest absolute Gasteiger partial charge is 0.412 e. The highest BCUT2D eigenvalue weighted by molar-refractivity contribution is 4.69. The molecule has 11 heavy (non-hydrogen) atoms. The minimum atomic E-state index is 0. The molecule has 2 N–H and O–H groups in total. The number of piperidine rings is 1. The lowest BCUT2D eigenvalue weighted by molar-refractivity contribution is 0.170. The molecule has 0 radical (unpaired) electrons. The van der Waals surface area contributed by atoms with Crippen molar-refractivity contribution in [2.24, 2.45) is 0 Å². The summed E-state index contributed by atoms with van der Waals surface area (Å²) >= 11 is 0. The average Bonchev–Trinajstić information content (AvgIpc) is 2.05. The Morgan fingerprint density at radius 3 is 2.18 bits per heavy atom. The molecule has 0 bridgehead atoms. The topological polar surface area (TPSA) is 34.7 Å². The van der Waals surface area contributed by atoms with E-state index in [0.29, 0.717) is 0 Å². The molecule has 1 rings (SSSR count). The van der Waals surface area contributed by atoms with Crippen LogP contribution < -0.4 is 0 Å². The minimum absolute atomic E-state index is 0. The van der Waals surface area contributed by atoms with Gasteiger partial charge < -0.3 is 10.4 Å². The van der Waals surface area contributed by atoms with Crippen LogP contribution in [-0.4, -0.2) is 29.5 Å². The summed E-state index contributed by atoms with van der Waals surface area (Å²) < 4.78 is 0. The maximum absolute atomic E-state index is 2.61. The van der Waals surface area contributed by atoms with Gasteiger partial charge in [-0.2, -0.15) is 0 Å². The van der Waals surface area contributed by atoms with Crippen molar-refractivity contribution in [3.63, 3.8) is 0 Å². The molecule has 0 aliphatic carbocycles. The standard InChI is InChI=1S/C9H19N.H2O/c1-3-9(2)10-7-5-4-6-8-10;/h9H,3-8H2,1-2H3;1H2. The monoisotopic (exact) mass is 159 g/mol. The first-order valence-corrected chi connectivity index (χ1v) is 4.58. The third-order valence-corrected chi connectivity index (χ3v) is 2.60. The van der Waals surface area contributed by atoms with E-state index in [-0.39, 0.29) is 5.48 Å². The van der Waals surface area contributed by atoms with Gasteiger partial charge in [0.1, 0.15) is 0 Å². The molecule has 1 heterocycles. The first-order chi connectivity index (χ1) is 4.84. The Balaban J connectivity index is 0.000001000. The Kier molecular flexibility index (Phi) is 5.51. The number of nitrogens with zero attached hydrogens (tertiary/aromatic N) is 1. The normalized spacial score (nSPS) is 22.4. The van der Waals surface area contributed by atoms with Gasteiger partial charge >= 0.3 is 0 Å². The van der Waals surface area contributed by atoms with Gasteiger partial charge in [0.2, 0.25) is 0 Å². The van der Waals surface area contributed by atoms with Crippen LogP contribution in [0, 0.1) is 0 Å². The minimum Gasteiger partial charge on any atom is -0.412 e. The second-order valence-corrected chi connectivity index (χ2v) is 3.35. The van der Waals surface area contributed by atoms with Crippen molar-refractivity contribution in [3.05, 3.63) is 0 Å². The van der Waals surface area contributed by atoms with Crippen LogP contribution in [0.1, 0.15) is 39.5 Å². The Labute approximate surface area is 69.9 Å². The highest BCUT2D eigenvalue weighted by Gasteiger charge is 2.13. The summed E-state index contributed by atoms with van der Waals surface area (Å²) in [7, 11) is 0. The van der Waals surface area contributed by atoms with E-state index < -0.39 is 0 Å². The Morgan fingerprint density at radius 2 is 1.73 bits per heavy atom. The maximum atomic E-state index is 2.61. The van der Waals surface area contributed by atoms with Crippen molar-refractivity contribution in [2.45, 2.75) is 45.6 Å². The van der Waals surface area contributed by atoms with Crippen molar-refractivity contribution in [2.75, 3.05) is 13.1 Å². The molecule has 1 unspecified atom stereocenters. The lowest BCUT2D eigenvalue weighted by Gasteiger charge is -2.31. The summed E-state index contributed by atoms with van der Waals surface area (Å²) in [5.74, 6) is 0. The number of rotatable bonds is 2. The van der Waals surface area contributed by atoms with Crippen molar-refractivity contribution < 1.29 is 5.48 Å². The van der Waals surface area contributed by atoms with Gasteiger partial charge in [-0.1, -0.05) is 13.3 Å². The van der Waals surface area contributed by atoms with Crippen molar-refractivity contribution in [3.8, 4) is 0 Å². The molecule has 0 amide bonds. The lowest BCUT2D eigenvalue weighted by atomic mass is 10.1. The van der Waals surface area contributed by atoms with Crippen LogP contribution in [0.5, 0.6) is 0 Å². The zero-order chi connectivity index (χ0) is 7.40. The van der Waals surface area contributed by atoms with Crippen LogP contribution in [0.4, 0.5) is 0 Å². The molecule has 0 saturated carbocycles. The van der Waals surface area contributed by atoms with Crippen molar-refractivity contribution in [1.29, 1.82) is 0 Å². The summed E-state index contributed by atoms with van der Waals surface area (Å²) in [6.45, 7) is 7.30. The fourth-order valence-electron chi connectivity index (χ4n) is 1.62. The van der Waals surface area contributed by atoms with Gasteiger partial charge in [-0.3, -0.25) is 0 Å². The Bertz CT molecular complexity index is 89.6. The molecule has 0 aromatic heterocycles. The maximum Gasteiger partial charge on any atom is 0.00643 e. The van der Waals surface area contributed by atoms with E-state index in [1.165, 1.54) is 38.8 Å². The van der Waals surface area contributed by atoms with E-state index in [1.54, 1.807) is 0 Å². The van der Waals surface area contributed by atoms with Gasteiger partial charge in [-0.05, 0) is 39.3 Å². The van der Waals surface area contributed by atoms with E-state index in [9.17, 15) is 0 Å². The number of likely N-dealkylation sites (tertiary alicyclic amines) is 1. The Hall–Kier alpha value is -0.0800. The molecular formula is C9H21NO. The summed E-state index contributed by atoms with van der Waals surface area (Å²) in [5.41, 5.74) is 0. The van der Waals surface area contributed by atoms with Gasteiger partial charge in [0.15, 0.2) is 0 Å². The van der Waals surface area contributed by atoms with E-state index in [0.717, 1.165) is 6.04 Å². The predicted molar refractivity (Wildman–Crippen MR) is 48.8 cm³/mol. The molecule has 68 valence electrons. The molecule has 2 nitrogen and oxygen atoms in total. The molecular weight excluding hydrogens is 138 g/mol. The van der Waals surface area contributed by atoms with Gasteiger partial charge in [0, 0.05) is 6.04 Å². The second-order valence-electron chi connectivity index (χ2n) is 3.35. The van der Waals surface area contributed by atoms with Gasteiger partial charge in [-0.15, -0.1) is 0 Å². The quantitative estimate of drug-likeness (QED) is 0.600. The van der Waals surface area contributed by atoms with E-state index in [2.05, 4.69) is 18.7 Å². The SMILES string of the molecule is CCC(C)N1CCCCC1.O.